The second-order valence-electron chi connectivity index (χ2n) is 8.81. The van der Waals surface area contributed by atoms with Gasteiger partial charge in [-0.3, -0.25) is 4.79 Å². The van der Waals surface area contributed by atoms with Gasteiger partial charge in [-0.2, -0.15) is 31.6 Å². The molecule has 0 amide bonds. The van der Waals surface area contributed by atoms with Gasteiger partial charge >= 0.3 is 12.4 Å². The van der Waals surface area contributed by atoms with Crippen LogP contribution in [0.4, 0.5) is 35.1 Å². The molecule has 0 N–H and O–H groups in total. The normalized spacial score (nSPS) is 11.9. The van der Waals surface area contributed by atoms with Crippen molar-refractivity contribution in [3.8, 4) is 28.5 Å². The lowest BCUT2D eigenvalue weighted by molar-refractivity contribution is -0.138. The van der Waals surface area contributed by atoms with E-state index >= 15 is 0 Å². The molecule has 0 spiro atoms. The van der Waals surface area contributed by atoms with Gasteiger partial charge in [-0.05, 0) is 52.8 Å². The van der Waals surface area contributed by atoms with E-state index in [1.54, 1.807) is 13.0 Å². The first-order valence-corrected chi connectivity index (χ1v) is 12.9. The Kier molecular flexibility index (Phi) is 8.31. The van der Waals surface area contributed by atoms with E-state index in [4.69, 9.17) is 0 Å². The van der Waals surface area contributed by atoms with Gasteiger partial charge in [0, 0.05) is 16.5 Å². The Labute approximate surface area is 232 Å². The lowest BCUT2D eigenvalue weighted by Crippen LogP contribution is -2.29. The zero-order valence-electron chi connectivity index (χ0n) is 21.0. The maximum Gasteiger partial charge on any atom is 0.417 e. The van der Waals surface area contributed by atoms with Crippen molar-refractivity contribution < 1.29 is 35.1 Å². The van der Waals surface area contributed by atoms with Crippen molar-refractivity contribution >= 4 is 11.8 Å². The summed E-state index contributed by atoms with van der Waals surface area (Å²) in [4.78, 5) is 13.5. The first kappa shape index (κ1) is 29.9. The summed E-state index contributed by atoms with van der Waals surface area (Å²) < 4.78 is 110. The molecular formula is C29H18F8N2OS. The molecule has 0 aliphatic rings. The summed E-state index contributed by atoms with van der Waals surface area (Å²) in [5, 5.41) is 9.34. The molecule has 0 fully saturated rings. The van der Waals surface area contributed by atoms with Crippen LogP contribution in [0, 0.1) is 23.0 Å². The number of pyridine rings is 1. The van der Waals surface area contributed by atoms with Gasteiger partial charge in [0.05, 0.1) is 23.4 Å². The van der Waals surface area contributed by atoms with Crippen molar-refractivity contribution in [3.63, 3.8) is 0 Å². The zero-order valence-corrected chi connectivity index (χ0v) is 21.8. The Hall–Kier alpha value is -4.11. The van der Waals surface area contributed by atoms with Crippen molar-refractivity contribution in [2.24, 2.45) is 0 Å². The smallest absolute Gasteiger partial charge is 0.303 e. The summed E-state index contributed by atoms with van der Waals surface area (Å²) in [6, 6.07) is 13.2. The number of benzene rings is 3. The van der Waals surface area contributed by atoms with Gasteiger partial charge in [0.25, 0.3) is 5.56 Å². The fraction of sp³-hybridized carbons (Fsp3) is 0.172. The summed E-state index contributed by atoms with van der Waals surface area (Å²) in [5.41, 5.74) is -4.90. The molecule has 0 saturated carbocycles. The molecule has 41 heavy (non-hydrogen) atoms. The topological polar surface area (TPSA) is 45.8 Å². The molecule has 0 aliphatic heterocycles. The second kappa shape index (κ2) is 11.4. The molecule has 0 saturated heterocycles. The number of nitrogens with zero attached hydrogens (tertiary/aromatic N) is 2. The highest BCUT2D eigenvalue weighted by molar-refractivity contribution is 7.99. The summed E-state index contributed by atoms with van der Waals surface area (Å²) in [6.45, 7) is 1.16. The van der Waals surface area contributed by atoms with Crippen LogP contribution in [-0.2, 0) is 18.9 Å². The van der Waals surface area contributed by atoms with E-state index in [2.05, 4.69) is 0 Å². The maximum absolute atomic E-state index is 14.4. The van der Waals surface area contributed by atoms with Crippen molar-refractivity contribution in [3.05, 3.63) is 111 Å². The largest absolute Gasteiger partial charge is 0.417 e. The van der Waals surface area contributed by atoms with Crippen LogP contribution in [-0.4, -0.2) is 10.3 Å². The molecule has 4 aromatic rings. The molecule has 212 valence electrons. The predicted octanol–water partition coefficient (Wildman–Crippen LogP) is 8.53. The van der Waals surface area contributed by atoms with Crippen molar-refractivity contribution in [2.75, 3.05) is 5.75 Å². The minimum Gasteiger partial charge on any atom is -0.303 e. The molecule has 0 aliphatic carbocycles. The number of halogens is 8. The van der Waals surface area contributed by atoms with Crippen LogP contribution in [0.15, 0.2) is 76.4 Å². The SMILES string of the molecule is CCSc1cc(-c2ccc(-c3cc(C(F)(F)F)c(C#N)c(=O)n3Cc3ccc(F)cc3F)cc2)cc(C(F)(F)F)c1. The minimum absolute atomic E-state index is 0.0403. The zero-order chi connectivity index (χ0) is 30.1. The fourth-order valence-electron chi connectivity index (χ4n) is 4.21. The van der Waals surface area contributed by atoms with Crippen LogP contribution in [0.25, 0.3) is 22.4 Å². The first-order chi connectivity index (χ1) is 19.2. The van der Waals surface area contributed by atoms with Crippen molar-refractivity contribution in [2.45, 2.75) is 30.7 Å². The van der Waals surface area contributed by atoms with Gasteiger partial charge in [-0.15, -0.1) is 11.8 Å². The first-order valence-electron chi connectivity index (χ1n) is 11.9. The monoisotopic (exact) mass is 594 g/mol. The molecule has 1 aromatic heterocycles. The lowest BCUT2D eigenvalue weighted by Gasteiger charge is -2.18. The summed E-state index contributed by atoms with van der Waals surface area (Å²) in [6.07, 6.45) is -9.69. The highest BCUT2D eigenvalue weighted by Gasteiger charge is 2.37. The van der Waals surface area contributed by atoms with Gasteiger partial charge in [0.2, 0.25) is 0 Å². The molecular weight excluding hydrogens is 576 g/mol. The van der Waals surface area contributed by atoms with E-state index in [9.17, 15) is 45.2 Å². The molecule has 3 aromatic carbocycles. The van der Waals surface area contributed by atoms with Crippen LogP contribution in [0.5, 0.6) is 0 Å². The summed E-state index contributed by atoms with van der Waals surface area (Å²) in [5.74, 6) is -1.44. The number of thioether (sulfide) groups is 1. The maximum atomic E-state index is 14.4. The van der Waals surface area contributed by atoms with E-state index in [1.807, 2.05) is 0 Å². The Morgan fingerprint density at radius 2 is 1.49 bits per heavy atom. The van der Waals surface area contributed by atoms with E-state index in [0.717, 1.165) is 28.8 Å². The average molecular weight is 595 g/mol. The van der Waals surface area contributed by atoms with Gasteiger partial charge in [-0.25, -0.2) is 8.78 Å². The van der Waals surface area contributed by atoms with Gasteiger partial charge in [-0.1, -0.05) is 37.3 Å². The molecule has 0 atom stereocenters. The Bertz CT molecular complexity index is 1700. The third-order valence-electron chi connectivity index (χ3n) is 6.12. The number of rotatable bonds is 6. The quantitative estimate of drug-likeness (QED) is 0.166. The van der Waals surface area contributed by atoms with E-state index in [-0.39, 0.29) is 22.4 Å². The van der Waals surface area contributed by atoms with Crippen molar-refractivity contribution in [1.82, 2.24) is 4.57 Å². The predicted molar refractivity (Wildman–Crippen MR) is 138 cm³/mol. The second-order valence-corrected chi connectivity index (χ2v) is 10.1. The molecule has 0 radical (unpaired) electrons. The standard InChI is InChI=1S/C29H18F8N2OS/c1-2-41-22-10-19(9-20(11-22)28(32,33)34)16-3-5-17(6-4-16)26-13-24(29(35,36)37)23(14-38)27(40)39(26)15-18-7-8-21(30)12-25(18)31/h3-13H,2,15H2,1H3. The van der Waals surface area contributed by atoms with Gasteiger partial charge in [0.15, 0.2) is 0 Å². The highest BCUT2D eigenvalue weighted by Crippen LogP contribution is 2.37. The van der Waals surface area contributed by atoms with E-state index < -0.39 is 52.8 Å². The number of hydrogen-bond acceptors (Lipinski definition) is 3. The fourth-order valence-corrected chi connectivity index (χ4v) is 4.96. The molecule has 3 nitrogen and oxygen atoms in total. The van der Waals surface area contributed by atoms with Crippen LogP contribution in [0.3, 0.4) is 0 Å². The molecule has 12 heteroatoms. The molecule has 1 heterocycles. The number of hydrogen-bond donors (Lipinski definition) is 0. The van der Waals surface area contributed by atoms with E-state index in [1.165, 1.54) is 42.1 Å². The highest BCUT2D eigenvalue weighted by atomic mass is 32.2. The number of aromatic nitrogens is 1. The Balaban J connectivity index is 1.89. The minimum atomic E-state index is -5.08. The molecule has 0 bridgehead atoms. The third-order valence-corrected chi connectivity index (χ3v) is 6.98. The molecule has 0 unspecified atom stereocenters. The number of nitriles is 1. The van der Waals surface area contributed by atoms with Crippen LogP contribution < -0.4 is 5.56 Å². The van der Waals surface area contributed by atoms with Crippen LogP contribution in [0.2, 0.25) is 0 Å². The molecule has 4 rings (SSSR count). The Morgan fingerprint density at radius 1 is 0.829 bits per heavy atom. The van der Waals surface area contributed by atoms with Gasteiger partial charge < -0.3 is 4.57 Å². The van der Waals surface area contributed by atoms with Crippen LogP contribution >= 0.6 is 11.8 Å². The van der Waals surface area contributed by atoms with E-state index in [0.29, 0.717) is 28.3 Å². The van der Waals surface area contributed by atoms with Crippen LogP contribution in [0.1, 0.15) is 29.2 Å². The summed E-state index contributed by atoms with van der Waals surface area (Å²) in [7, 11) is 0. The van der Waals surface area contributed by atoms with Gasteiger partial charge in [0.1, 0.15) is 23.3 Å². The van der Waals surface area contributed by atoms with Crippen molar-refractivity contribution in [1.29, 1.82) is 5.26 Å². The third kappa shape index (κ3) is 6.46. The Morgan fingerprint density at radius 3 is 2.05 bits per heavy atom. The lowest BCUT2D eigenvalue weighted by atomic mass is 9.99. The summed E-state index contributed by atoms with van der Waals surface area (Å²) >= 11 is 1.20. The number of alkyl halides is 6. The average Bonchev–Trinajstić information content (AvgIpc) is 2.90.